The predicted octanol–water partition coefficient (Wildman–Crippen LogP) is 4.45. The largest absolute Gasteiger partial charge is 0.465 e. The van der Waals surface area contributed by atoms with Gasteiger partial charge in [-0.15, -0.1) is 0 Å². The second-order valence-corrected chi connectivity index (χ2v) is 5.70. The van der Waals surface area contributed by atoms with E-state index in [1.165, 1.54) is 0 Å². The van der Waals surface area contributed by atoms with Crippen LogP contribution in [0, 0.1) is 11.3 Å². The molecular weight excluding hydrogens is 326 g/mol. The van der Waals surface area contributed by atoms with Gasteiger partial charge in [-0.3, -0.25) is 4.79 Å². The number of benzene rings is 2. The first kappa shape index (κ1) is 15.6. The zero-order valence-electron chi connectivity index (χ0n) is 13.6. The molecule has 0 saturated heterocycles. The van der Waals surface area contributed by atoms with Gasteiger partial charge in [0.25, 0.3) is 0 Å². The van der Waals surface area contributed by atoms with Crippen LogP contribution in [0.3, 0.4) is 0 Å². The van der Waals surface area contributed by atoms with E-state index in [4.69, 9.17) is 4.42 Å². The van der Waals surface area contributed by atoms with Gasteiger partial charge in [0.2, 0.25) is 0 Å². The Hall–Kier alpha value is -3.91. The molecule has 2 aromatic carbocycles. The van der Waals surface area contributed by atoms with Gasteiger partial charge in [0, 0.05) is 17.2 Å². The number of hydrogen-bond donors (Lipinski definition) is 1. The summed E-state index contributed by atoms with van der Waals surface area (Å²) in [7, 11) is 0. The van der Waals surface area contributed by atoms with Gasteiger partial charge in [0.15, 0.2) is 5.78 Å². The zero-order chi connectivity index (χ0) is 17.9. The van der Waals surface area contributed by atoms with E-state index in [-0.39, 0.29) is 5.78 Å². The molecule has 0 aliphatic heterocycles. The van der Waals surface area contributed by atoms with E-state index in [0.717, 1.165) is 0 Å². The second-order valence-electron chi connectivity index (χ2n) is 5.70. The van der Waals surface area contributed by atoms with Crippen LogP contribution in [0.5, 0.6) is 0 Å². The number of H-pyrrole nitrogens is 1. The summed E-state index contributed by atoms with van der Waals surface area (Å²) >= 11 is 0. The third kappa shape index (κ3) is 2.92. The maximum absolute atomic E-state index is 12.6. The molecule has 0 atom stereocenters. The summed E-state index contributed by atoms with van der Waals surface area (Å²) in [6, 6.07) is 20.0. The Morgan fingerprint density at radius 1 is 1.08 bits per heavy atom. The third-order valence-electron chi connectivity index (χ3n) is 3.99. The molecule has 0 radical (unpaired) electrons. The van der Waals surface area contributed by atoms with E-state index in [1.54, 1.807) is 54.8 Å². The molecule has 2 aromatic heterocycles. The lowest BCUT2D eigenvalue weighted by Crippen LogP contribution is -2.00. The van der Waals surface area contributed by atoms with Crippen molar-refractivity contribution in [3.8, 4) is 6.07 Å². The Morgan fingerprint density at radius 3 is 2.65 bits per heavy atom. The van der Waals surface area contributed by atoms with Crippen LogP contribution >= 0.6 is 0 Å². The van der Waals surface area contributed by atoms with Gasteiger partial charge < -0.3 is 9.40 Å². The van der Waals surface area contributed by atoms with Crippen molar-refractivity contribution in [1.29, 1.82) is 5.26 Å². The number of rotatable bonds is 4. The van der Waals surface area contributed by atoms with Crippen LogP contribution in [0.1, 0.15) is 27.5 Å². The summed E-state index contributed by atoms with van der Waals surface area (Å²) in [5.74, 6) is 0.945. The average Bonchev–Trinajstić information content (AvgIpc) is 3.34. The summed E-state index contributed by atoms with van der Waals surface area (Å²) in [6.07, 6.45) is 3.16. The van der Waals surface area contributed by atoms with E-state index >= 15 is 0 Å². The number of furan rings is 1. The molecule has 5 nitrogen and oxygen atoms in total. The molecule has 0 saturated carbocycles. The van der Waals surface area contributed by atoms with Crippen LogP contribution in [0.25, 0.3) is 22.7 Å². The molecule has 4 aromatic rings. The van der Waals surface area contributed by atoms with Crippen molar-refractivity contribution >= 4 is 28.5 Å². The number of fused-ring (bicyclic) bond motifs is 1. The molecule has 0 aliphatic carbocycles. The Kier molecular flexibility index (Phi) is 3.92. The van der Waals surface area contributed by atoms with E-state index in [0.29, 0.717) is 39.3 Å². The number of aromatic amines is 1. The zero-order valence-corrected chi connectivity index (χ0v) is 13.6. The lowest BCUT2D eigenvalue weighted by Gasteiger charge is -2.00. The van der Waals surface area contributed by atoms with Crippen LogP contribution in [-0.2, 0) is 0 Å². The average molecular weight is 339 g/mol. The number of allylic oxidation sites excluding steroid dienone is 1. The highest BCUT2D eigenvalue weighted by molar-refractivity contribution is 6.10. The lowest BCUT2D eigenvalue weighted by atomic mass is 10.0. The Bertz CT molecular complexity index is 1150. The number of imidazole rings is 1. The molecule has 5 heteroatoms. The first-order valence-corrected chi connectivity index (χ1v) is 8.00. The van der Waals surface area contributed by atoms with Crippen molar-refractivity contribution in [3.63, 3.8) is 0 Å². The number of hydrogen-bond acceptors (Lipinski definition) is 4. The summed E-state index contributed by atoms with van der Waals surface area (Å²) in [4.78, 5) is 20.1. The Balaban J connectivity index is 1.72. The first-order valence-electron chi connectivity index (χ1n) is 8.00. The van der Waals surface area contributed by atoms with Gasteiger partial charge in [-0.1, -0.05) is 30.3 Å². The van der Waals surface area contributed by atoms with E-state index in [2.05, 4.69) is 16.0 Å². The Morgan fingerprint density at radius 2 is 1.92 bits per heavy atom. The molecule has 0 unspecified atom stereocenters. The van der Waals surface area contributed by atoms with E-state index in [9.17, 15) is 10.1 Å². The normalized spacial score (nSPS) is 11.4. The summed E-state index contributed by atoms with van der Waals surface area (Å²) in [5.41, 5.74) is 2.93. The highest BCUT2D eigenvalue weighted by Gasteiger charge is 2.13. The predicted molar refractivity (Wildman–Crippen MR) is 98.2 cm³/mol. The van der Waals surface area contributed by atoms with Crippen LogP contribution in [0.15, 0.2) is 71.3 Å². The molecule has 0 fully saturated rings. The van der Waals surface area contributed by atoms with Gasteiger partial charge >= 0.3 is 0 Å². The van der Waals surface area contributed by atoms with Crippen LogP contribution in [0.2, 0.25) is 0 Å². The maximum atomic E-state index is 12.6. The molecule has 2 heterocycles. The molecule has 1 N–H and O–H groups in total. The monoisotopic (exact) mass is 339 g/mol. The fourth-order valence-corrected chi connectivity index (χ4v) is 2.70. The highest BCUT2D eigenvalue weighted by atomic mass is 16.3. The molecule has 0 spiro atoms. The lowest BCUT2D eigenvalue weighted by molar-refractivity contribution is 0.103. The minimum absolute atomic E-state index is 0.0599. The fourth-order valence-electron chi connectivity index (χ4n) is 2.70. The quantitative estimate of drug-likeness (QED) is 0.440. The van der Waals surface area contributed by atoms with Crippen molar-refractivity contribution in [1.82, 2.24) is 9.97 Å². The third-order valence-corrected chi connectivity index (χ3v) is 3.99. The standard InChI is InChI=1S/C21H13N3O2/c22-13-16(11-17-7-4-10-26-17)21-23-18-9-8-15(12-19(18)24-21)20(25)14-5-2-1-3-6-14/h1-12H,(H,23,24)/b16-11+. The van der Waals surface area contributed by atoms with E-state index < -0.39 is 0 Å². The van der Waals surface area contributed by atoms with Gasteiger partial charge in [-0.2, -0.15) is 5.26 Å². The van der Waals surface area contributed by atoms with Crippen LogP contribution < -0.4 is 0 Å². The number of carbonyl (C=O) groups is 1. The van der Waals surface area contributed by atoms with Crippen molar-refractivity contribution in [2.24, 2.45) is 0 Å². The molecule has 0 bridgehead atoms. The number of carbonyl (C=O) groups excluding carboxylic acids is 1. The fraction of sp³-hybridized carbons (Fsp3) is 0. The van der Waals surface area contributed by atoms with Crippen molar-refractivity contribution in [2.45, 2.75) is 0 Å². The molecule has 0 aliphatic rings. The number of nitrogens with zero attached hydrogens (tertiary/aromatic N) is 2. The minimum Gasteiger partial charge on any atom is -0.465 e. The van der Waals surface area contributed by atoms with Gasteiger partial charge in [0.1, 0.15) is 17.7 Å². The Labute approximate surface area is 149 Å². The summed E-state index contributed by atoms with van der Waals surface area (Å²) in [5, 5.41) is 9.42. The number of ketones is 1. The molecule has 0 amide bonds. The number of nitriles is 1. The molecule has 26 heavy (non-hydrogen) atoms. The van der Waals surface area contributed by atoms with E-state index in [1.807, 2.05) is 18.2 Å². The van der Waals surface area contributed by atoms with Crippen LogP contribution in [0.4, 0.5) is 0 Å². The van der Waals surface area contributed by atoms with Crippen molar-refractivity contribution in [3.05, 3.63) is 89.6 Å². The number of nitrogens with one attached hydrogen (secondary N) is 1. The smallest absolute Gasteiger partial charge is 0.193 e. The maximum Gasteiger partial charge on any atom is 0.193 e. The highest BCUT2D eigenvalue weighted by Crippen LogP contribution is 2.21. The molecular formula is C21H13N3O2. The SMILES string of the molecule is N#C/C(=C\c1ccco1)c1nc2ccc(C(=O)c3ccccc3)cc2[nH]1. The van der Waals surface area contributed by atoms with Gasteiger partial charge in [-0.25, -0.2) is 4.98 Å². The van der Waals surface area contributed by atoms with Crippen molar-refractivity contribution < 1.29 is 9.21 Å². The summed E-state index contributed by atoms with van der Waals surface area (Å²) in [6.45, 7) is 0. The number of aromatic nitrogens is 2. The van der Waals surface area contributed by atoms with Crippen LogP contribution in [-0.4, -0.2) is 15.8 Å². The second kappa shape index (κ2) is 6.54. The van der Waals surface area contributed by atoms with Gasteiger partial charge in [-0.05, 0) is 30.3 Å². The topological polar surface area (TPSA) is 82.7 Å². The molecule has 4 rings (SSSR count). The first-order chi connectivity index (χ1) is 12.7. The summed E-state index contributed by atoms with van der Waals surface area (Å²) < 4.78 is 5.25. The van der Waals surface area contributed by atoms with Crippen molar-refractivity contribution in [2.75, 3.05) is 0 Å². The van der Waals surface area contributed by atoms with Gasteiger partial charge in [0.05, 0.1) is 22.9 Å². The minimum atomic E-state index is -0.0599. The molecule has 124 valence electrons.